The highest BCUT2D eigenvalue weighted by Crippen LogP contribution is 2.15. The zero-order valence-corrected chi connectivity index (χ0v) is 18.1. The van der Waals surface area contributed by atoms with E-state index in [9.17, 15) is 4.79 Å². The summed E-state index contributed by atoms with van der Waals surface area (Å²) in [6.07, 6.45) is 1.59. The van der Waals surface area contributed by atoms with Crippen molar-refractivity contribution >= 4 is 12.1 Å². The van der Waals surface area contributed by atoms with Crippen molar-refractivity contribution in [1.29, 1.82) is 0 Å². The first-order valence-electron chi connectivity index (χ1n) is 10.6. The number of hydrazone groups is 1. The molecule has 33 heavy (non-hydrogen) atoms. The summed E-state index contributed by atoms with van der Waals surface area (Å²) in [4.78, 5) is 12.3. The van der Waals surface area contributed by atoms with E-state index in [0.717, 1.165) is 22.4 Å². The number of nitrogens with one attached hydrogen (secondary N) is 1. The Morgan fingerprint density at radius 2 is 1.15 bits per heavy atom. The quantitative estimate of drug-likeness (QED) is 0.274. The largest absolute Gasteiger partial charge is 0.489 e. The topological polar surface area (TPSA) is 59.9 Å². The lowest BCUT2D eigenvalue weighted by molar-refractivity contribution is 0.0955. The van der Waals surface area contributed by atoms with Crippen LogP contribution in [-0.4, -0.2) is 12.1 Å². The average Bonchev–Trinajstić information content (AvgIpc) is 2.88. The standard InChI is InChI=1S/C28H24N2O3/c31-28(25-13-17-27(18-14-25)33-21-24-9-5-2-6-10-24)30-29-19-22-11-15-26(16-12-22)32-20-23-7-3-1-4-8-23/h1-19H,20-21H2,(H,30,31). The normalized spacial score (nSPS) is 10.7. The fourth-order valence-electron chi connectivity index (χ4n) is 3.06. The molecule has 0 saturated heterocycles. The third kappa shape index (κ3) is 6.80. The molecule has 0 aliphatic heterocycles. The molecule has 1 N–H and O–H groups in total. The van der Waals surface area contributed by atoms with E-state index in [2.05, 4.69) is 10.5 Å². The molecule has 0 radical (unpaired) electrons. The van der Waals surface area contributed by atoms with E-state index < -0.39 is 0 Å². The maximum absolute atomic E-state index is 12.3. The third-order valence-corrected chi connectivity index (χ3v) is 4.87. The molecule has 0 heterocycles. The van der Waals surface area contributed by atoms with Crippen LogP contribution < -0.4 is 14.9 Å². The number of hydrogen-bond donors (Lipinski definition) is 1. The van der Waals surface area contributed by atoms with Crippen molar-refractivity contribution in [2.75, 3.05) is 0 Å². The minimum absolute atomic E-state index is 0.288. The molecule has 4 aromatic carbocycles. The van der Waals surface area contributed by atoms with Crippen molar-refractivity contribution in [2.45, 2.75) is 13.2 Å². The van der Waals surface area contributed by atoms with Crippen LogP contribution in [0.3, 0.4) is 0 Å². The van der Waals surface area contributed by atoms with Gasteiger partial charge in [-0.25, -0.2) is 5.43 Å². The third-order valence-electron chi connectivity index (χ3n) is 4.87. The molecule has 5 nitrogen and oxygen atoms in total. The molecular formula is C28H24N2O3. The molecule has 0 aliphatic carbocycles. The van der Waals surface area contributed by atoms with Gasteiger partial charge >= 0.3 is 0 Å². The van der Waals surface area contributed by atoms with Gasteiger partial charge in [-0.05, 0) is 65.2 Å². The molecule has 0 unspecified atom stereocenters. The lowest BCUT2D eigenvalue weighted by Gasteiger charge is -2.07. The summed E-state index contributed by atoms with van der Waals surface area (Å²) in [5, 5.41) is 4.04. The van der Waals surface area contributed by atoms with Crippen LogP contribution in [0.25, 0.3) is 0 Å². The van der Waals surface area contributed by atoms with Crippen molar-refractivity contribution in [3.8, 4) is 11.5 Å². The molecule has 0 atom stereocenters. The number of ether oxygens (including phenoxy) is 2. The van der Waals surface area contributed by atoms with Gasteiger partial charge in [0.15, 0.2) is 0 Å². The van der Waals surface area contributed by atoms with Crippen LogP contribution in [0.1, 0.15) is 27.0 Å². The summed E-state index contributed by atoms with van der Waals surface area (Å²) in [5.74, 6) is 1.19. The van der Waals surface area contributed by atoms with Crippen LogP contribution in [0.15, 0.2) is 114 Å². The zero-order chi connectivity index (χ0) is 22.7. The van der Waals surface area contributed by atoms with Crippen LogP contribution in [0.4, 0.5) is 0 Å². The lowest BCUT2D eigenvalue weighted by atomic mass is 10.2. The van der Waals surface area contributed by atoms with E-state index in [-0.39, 0.29) is 5.91 Å². The Morgan fingerprint density at radius 3 is 1.67 bits per heavy atom. The molecule has 164 valence electrons. The lowest BCUT2D eigenvalue weighted by Crippen LogP contribution is -2.17. The van der Waals surface area contributed by atoms with Gasteiger partial charge in [0.2, 0.25) is 0 Å². The molecule has 0 fully saturated rings. The molecule has 5 heteroatoms. The van der Waals surface area contributed by atoms with Gasteiger partial charge in [-0.2, -0.15) is 5.10 Å². The molecule has 0 saturated carbocycles. The van der Waals surface area contributed by atoms with E-state index in [4.69, 9.17) is 9.47 Å². The SMILES string of the molecule is O=C(NN=Cc1ccc(OCc2ccccc2)cc1)c1ccc(OCc2ccccc2)cc1. The Hall–Kier alpha value is -4.38. The Morgan fingerprint density at radius 1 is 0.667 bits per heavy atom. The summed E-state index contributed by atoms with van der Waals surface area (Å²) >= 11 is 0. The molecule has 4 rings (SSSR count). The first kappa shape index (κ1) is 21.8. The van der Waals surface area contributed by atoms with Crippen LogP contribution in [0, 0.1) is 0 Å². The zero-order valence-electron chi connectivity index (χ0n) is 18.1. The van der Waals surface area contributed by atoms with Gasteiger partial charge in [0.25, 0.3) is 5.91 Å². The molecule has 0 aliphatic rings. The summed E-state index contributed by atoms with van der Waals surface area (Å²) in [7, 11) is 0. The summed E-state index contributed by atoms with van der Waals surface area (Å²) in [6.45, 7) is 0.993. The van der Waals surface area contributed by atoms with Crippen LogP contribution in [0.5, 0.6) is 11.5 Å². The van der Waals surface area contributed by atoms with Crippen LogP contribution in [0.2, 0.25) is 0 Å². The van der Waals surface area contributed by atoms with Gasteiger partial charge in [0.05, 0.1) is 6.21 Å². The van der Waals surface area contributed by atoms with Crippen LogP contribution in [-0.2, 0) is 13.2 Å². The summed E-state index contributed by atoms with van der Waals surface area (Å²) < 4.78 is 11.5. The number of carbonyl (C=O) groups is 1. The highest BCUT2D eigenvalue weighted by Gasteiger charge is 2.05. The molecule has 4 aromatic rings. The maximum Gasteiger partial charge on any atom is 0.271 e. The van der Waals surface area contributed by atoms with Gasteiger partial charge in [-0.15, -0.1) is 0 Å². The maximum atomic E-state index is 12.3. The monoisotopic (exact) mass is 436 g/mol. The first-order chi connectivity index (χ1) is 16.3. The van der Waals surface area contributed by atoms with Gasteiger partial charge in [0, 0.05) is 5.56 Å². The van der Waals surface area contributed by atoms with E-state index in [1.54, 1.807) is 30.5 Å². The highest BCUT2D eigenvalue weighted by molar-refractivity contribution is 5.95. The van der Waals surface area contributed by atoms with Gasteiger partial charge in [0.1, 0.15) is 24.7 Å². The predicted octanol–water partition coefficient (Wildman–Crippen LogP) is 5.61. The minimum atomic E-state index is -0.288. The van der Waals surface area contributed by atoms with E-state index in [0.29, 0.717) is 24.5 Å². The highest BCUT2D eigenvalue weighted by atomic mass is 16.5. The number of amides is 1. The Bertz CT molecular complexity index is 1170. The molecule has 0 bridgehead atoms. The Balaban J connectivity index is 1.23. The Kier molecular flexibility index (Phi) is 7.48. The van der Waals surface area contributed by atoms with E-state index in [1.807, 2.05) is 84.9 Å². The molecule has 0 aromatic heterocycles. The Labute approximate surface area is 193 Å². The number of rotatable bonds is 9. The van der Waals surface area contributed by atoms with Gasteiger partial charge < -0.3 is 9.47 Å². The fraction of sp³-hybridized carbons (Fsp3) is 0.0714. The minimum Gasteiger partial charge on any atom is -0.489 e. The van der Waals surface area contributed by atoms with Crippen molar-refractivity contribution < 1.29 is 14.3 Å². The molecule has 1 amide bonds. The van der Waals surface area contributed by atoms with Crippen molar-refractivity contribution in [2.24, 2.45) is 5.10 Å². The number of hydrogen-bond acceptors (Lipinski definition) is 4. The van der Waals surface area contributed by atoms with E-state index >= 15 is 0 Å². The van der Waals surface area contributed by atoms with Gasteiger partial charge in [-0.1, -0.05) is 60.7 Å². The van der Waals surface area contributed by atoms with Crippen molar-refractivity contribution in [1.82, 2.24) is 5.43 Å². The second-order valence-corrected chi connectivity index (χ2v) is 7.34. The van der Waals surface area contributed by atoms with E-state index in [1.165, 1.54) is 0 Å². The molecular weight excluding hydrogens is 412 g/mol. The van der Waals surface area contributed by atoms with Crippen LogP contribution >= 0.6 is 0 Å². The smallest absolute Gasteiger partial charge is 0.271 e. The second-order valence-electron chi connectivity index (χ2n) is 7.34. The van der Waals surface area contributed by atoms with Crippen molar-refractivity contribution in [3.05, 3.63) is 131 Å². The first-order valence-corrected chi connectivity index (χ1v) is 10.6. The molecule has 0 spiro atoms. The van der Waals surface area contributed by atoms with Gasteiger partial charge in [-0.3, -0.25) is 4.79 Å². The predicted molar refractivity (Wildman–Crippen MR) is 129 cm³/mol. The van der Waals surface area contributed by atoms with Crippen molar-refractivity contribution in [3.63, 3.8) is 0 Å². The summed E-state index contributed by atoms with van der Waals surface area (Å²) in [5.41, 5.74) is 6.10. The summed E-state index contributed by atoms with van der Waals surface area (Å²) in [6, 6.07) is 34.4. The number of carbonyl (C=O) groups excluding carboxylic acids is 1. The number of nitrogens with zero attached hydrogens (tertiary/aromatic N) is 1. The average molecular weight is 437 g/mol. The fourth-order valence-corrected chi connectivity index (χ4v) is 3.06. The second kappa shape index (κ2) is 11.3. The number of benzene rings is 4.